The number of rotatable bonds is 6. The van der Waals surface area contributed by atoms with Crippen molar-refractivity contribution in [2.75, 3.05) is 32.2 Å². The Balaban J connectivity index is 0.00000150. The van der Waals surface area contributed by atoms with E-state index in [1.54, 1.807) is 14.2 Å². The maximum absolute atomic E-state index is 12.6. The third kappa shape index (κ3) is 5.83. The molecule has 4 rings (SSSR count). The van der Waals surface area contributed by atoms with Crippen LogP contribution in [0.5, 0.6) is 11.5 Å². The van der Waals surface area contributed by atoms with E-state index >= 15 is 0 Å². The van der Waals surface area contributed by atoms with Crippen molar-refractivity contribution in [2.45, 2.75) is 56.7 Å². The van der Waals surface area contributed by atoms with Gasteiger partial charge < -0.3 is 25.0 Å². The summed E-state index contributed by atoms with van der Waals surface area (Å²) in [6.07, 6.45) is 6.53. The van der Waals surface area contributed by atoms with Gasteiger partial charge in [0.2, 0.25) is 5.91 Å². The number of amides is 1. The van der Waals surface area contributed by atoms with E-state index in [9.17, 15) is 4.79 Å². The highest BCUT2D eigenvalue weighted by Crippen LogP contribution is 2.33. The van der Waals surface area contributed by atoms with E-state index in [-0.39, 0.29) is 36.8 Å². The number of benzene rings is 1. The maximum atomic E-state index is 12.6. The van der Waals surface area contributed by atoms with Gasteiger partial charge in [-0.1, -0.05) is 0 Å². The van der Waals surface area contributed by atoms with Crippen molar-refractivity contribution in [3.05, 3.63) is 18.2 Å². The summed E-state index contributed by atoms with van der Waals surface area (Å²) < 4.78 is 10.7. The van der Waals surface area contributed by atoms with Gasteiger partial charge in [0.1, 0.15) is 11.5 Å². The maximum Gasteiger partial charge on any atom is 0.220 e. The molecule has 0 radical (unpaired) electrons. The molecule has 3 saturated heterocycles. The van der Waals surface area contributed by atoms with E-state index in [2.05, 4.69) is 15.5 Å². The number of halogens is 2. The number of fused-ring (bicyclic) bond motifs is 2. The number of piperidine rings is 1. The predicted octanol–water partition coefficient (Wildman–Crippen LogP) is 3.16. The van der Waals surface area contributed by atoms with Gasteiger partial charge in [-0.25, -0.2) is 0 Å². The fraction of sp³-hybridized carbons (Fsp3) is 0.667. The Labute approximate surface area is 185 Å². The second-order valence-electron chi connectivity index (χ2n) is 8.25. The zero-order valence-corrected chi connectivity index (χ0v) is 18.8. The van der Waals surface area contributed by atoms with E-state index < -0.39 is 0 Å². The van der Waals surface area contributed by atoms with Crippen LogP contribution in [0.1, 0.15) is 38.5 Å². The van der Waals surface area contributed by atoms with Gasteiger partial charge in [0.15, 0.2) is 0 Å². The molecule has 0 aliphatic carbocycles. The Morgan fingerprint density at radius 3 is 2.28 bits per heavy atom. The zero-order chi connectivity index (χ0) is 18.8. The highest BCUT2D eigenvalue weighted by atomic mass is 35.5. The Hall–Kier alpha value is -1.37. The monoisotopic (exact) mass is 445 g/mol. The fourth-order valence-electron chi connectivity index (χ4n) is 4.98. The minimum atomic E-state index is 0. The predicted molar refractivity (Wildman–Crippen MR) is 120 cm³/mol. The molecule has 6 nitrogen and oxygen atoms in total. The molecule has 1 amide bonds. The van der Waals surface area contributed by atoms with Crippen LogP contribution < -0.4 is 25.0 Å². The molecule has 3 atom stereocenters. The molecule has 3 fully saturated rings. The standard InChI is InChI=1S/C21H31N3O3.2ClH/c1-26-19-10-18(11-20(12-19)27-2)24-6-5-17(13-24)23-21(25)9-14-7-15-3-4-16(8-14)22-15;;/h10-12,14-17,22H,3-9,13H2,1-2H3,(H,23,25);2*1H. The van der Waals surface area contributed by atoms with Crippen LogP contribution in [0.15, 0.2) is 18.2 Å². The van der Waals surface area contributed by atoms with Gasteiger partial charge in [-0.15, -0.1) is 24.8 Å². The highest BCUT2D eigenvalue weighted by molar-refractivity contribution is 5.85. The summed E-state index contributed by atoms with van der Waals surface area (Å²) >= 11 is 0. The SMILES string of the molecule is COc1cc(OC)cc(N2CCC(NC(=O)CC3CC4CCC(C3)N4)C2)c1.Cl.Cl. The summed E-state index contributed by atoms with van der Waals surface area (Å²) in [4.78, 5) is 14.8. The van der Waals surface area contributed by atoms with Crippen molar-refractivity contribution >= 4 is 36.4 Å². The van der Waals surface area contributed by atoms with Crippen LogP contribution in [0.3, 0.4) is 0 Å². The number of nitrogens with one attached hydrogen (secondary N) is 2. The van der Waals surface area contributed by atoms with Crippen molar-refractivity contribution in [3.63, 3.8) is 0 Å². The van der Waals surface area contributed by atoms with Crippen molar-refractivity contribution in [2.24, 2.45) is 5.92 Å². The third-order valence-corrected chi connectivity index (χ3v) is 6.30. The van der Waals surface area contributed by atoms with Crippen LogP contribution >= 0.6 is 24.8 Å². The summed E-state index contributed by atoms with van der Waals surface area (Å²) in [5.74, 6) is 2.34. The minimum absolute atomic E-state index is 0. The average molecular weight is 446 g/mol. The second kappa shape index (κ2) is 10.6. The molecule has 3 aliphatic rings. The van der Waals surface area contributed by atoms with Gasteiger partial charge in [-0.2, -0.15) is 0 Å². The number of carbonyl (C=O) groups is 1. The molecule has 2 bridgehead atoms. The normalized spacial score (nSPS) is 27.6. The first-order valence-electron chi connectivity index (χ1n) is 10.2. The number of carbonyl (C=O) groups excluding carboxylic acids is 1. The summed E-state index contributed by atoms with van der Waals surface area (Å²) in [5, 5.41) is 6.92. The number of nitrogens with zero attached hydrogens (tertiary/aromatic N) is 1. The fourth-order valence-corrected chi connectivity index (χ4v) is 4.98. The molecule has 1 aromatic carbocycles. The summed E-state index contributed by atoms with van der Waals surface area (Å²) in [5.41, 5.74) is 1.08. The Morgan fingerprint density at radius 1 is 1.07 bits per heavy atom. The van der Waals surface area contributed by atoms with E-state index in [0.717, 1.165) is 49.5 Å². The van der Waals surface area contributed by atoms with Crippen molar-refractivity contribution in [3.8, 4) is 11.5 Å². The van der Waals surface area contributed by atoms with E-state index in [0.29, 0.717) is 24.4 Å². The lowest BCUT2D eigenvalue weighted by molar-refractivity contribution is -0.122. The molecule has 3 aliphatic heterocycles. The summed E-state index contributed by atoms with van der Waals surface area (Å²) in [6.45, 7) is 1.76. The lowest BCUT2D eigenvalue weighted by Gasteiger charge is -2.29. The van der Waals surface area contributed by atoms with Crippen LogP contribution in [-0.2, 0) is 4.79 Å². The molecular formula is C21H33Cl2N3O3. The molecule has 0 spiro atoms. The summed E-state index contributed by atoms with van der Waals surface area (Å²) in [7, 11) is 3.33. The number of anilines is 1. The molecule has 1 aromatic rings. The number of methoxy groups -OCH3 is 2. The Morgan fingerprint density at radius 2 is 1.69 bits per heavy atom. The number of hydrogen-bond acceptors (Lipinski definition) is 5. The molecule has 0 saturated carbocycles. The van der Waals surface area contributed by atoms with E-state index in [1.807, 2.05) is 18.2 Å². The minimum Gasteiger partial charge on any atom is -0.497 e. The molecule has 3 unspecified atom stereocenters. The lowest BCUT2D eigenvalue weighted by Crippen LogP contribution is -2.42. The number of hydrogen-bond donors (Lipinski definition) is 2. The first-order chi connectivity index (χ1) is 13.1. The van der Waals surface area contributed by atoms with Gasteiger partial charge in [0.05, 0.1) is 14.2 Å². The quantitative estimate of drug-likeness (QED) is 0.703. The molecule has 29 heavy (non-hydrogen) atoms. The van der Waals surface area contributed by atoms with Gasteiger partial charge in [0.25, 0.3) is 0 Å². The topological polar surface area (TPSA) is 62.8 Å². The largest absolute Gasteiger partial charge is 0.497 e. The van der Waals surface area contributed by atoms with E-state index in [4.69, 9.17) is 9.47 Å². The molecule has 2 N–H and O–H groups in total. The average Bonchev–Trinajstić information content (AvgIpc) is 3.27. The molecule has 3 heterocycles. The smallest absolute Gasteiger partial charge is 0.220 e. The van der Waals surface area contributed by atoms with Crippen molar-refractivity contribution < 1.29 is 14.3 Å². The van der Waals surface area contributed by atoms with Gasteiger partial charge in [-0.3, -0.25) is 4.79 Å². The number of ether oxygens (including phenoxy) is 2. The summed E-state index contributed by atoms with van der Waals surface area (Å²) in [6, 6.07) is 7.44. The lowest BCUT2D eigenvalue weighted by atomic mass is 9.89. The molecule has 164 valence electrons. The van der Waals surface area contributed by atoms with Crippen molar-refractivity contribution in [1.29, 1.82) is 0 Å². The van der Waals surface area contributed by atoms with Crippen LogP contribution in [0.25, 0.3) is 0 Å². The van der Waals surface area contributed by atoms with Crippen molar-refractivity contribution in [1.82, 2.24) is 10.6 Å². The molecular weight excluding hydrogens is 413 g/mol. The third-order valence-electron chi connectivity index (χ3n) is 6.30. The van der Waals surface area contributed by atoms with Crippen LogP contribution in [0, 0.1) is 5.92 Å². The molecule has 8 heteroatoms. The van der Waals surface area contributed by atoms with Crippen LogP contribution in [0.2, 0.25) is 0 Å². The van der Waals surface area contributed by atoms with Gasteiger partial charge >= 0.3 is 0 Å². The van der Waals surface area contributed by atoms with E-state index in [1.165, 1.54) is 12.8 Å². The van der Waals surface area contributed by atoms with Crippen LogP contribution in [-0.4, -0.2) is 51.3 Å². The first-order valence-corrected chi connectivity index (χ1v) is 10.2. The second-order valence-corrected chi connectivity index (χ2v) is 8.25. The zero-order valence-electron chi connectivity index (χ0n) is 17.2. The molecule has 0 aromatic heterocycles. The first kappa shape index (κ1) is 23.9. The van der Waals surface area contributed by atoms with Crippen LogP contribution in [0.4, 0.5) is 5.69 Å². The van der Waals surface area contributed by atoms with Gasteiger partial charge in [-0.05, 0) is 38.0 Å². The Bertz CT molecular complexity index is 657. The van der Waals surface area contributed by atoms with Gasteiger partial charge in [0, 0.05) is 61.5 Å². The highest BCUT2D eigenvalue weighted by Gasteiger charge is 2.34. The Kier molecular flexibility index (Phi) is 8.73.